The molecule has 0 aliphatic carbocycles. The number of aliphatic carboxylic acids is 1. The van der Waals surface area contributed by atoms with Crippen LogP contribution in [0.25, 0.3) is 0 Å². The molecule has 1 rings (SSSR count). The van der Waals surface area contributed by atoms with Crippen molar-refractivity contribution in [2.45, 2.75) is 25.8 Å². The highest BCUT2D eigenvalue weighted by molar-refractivity contribution is 9.10. The first-order valence-corrected chi connectivity index (χ1v) is 7.19. The van der Waals surface area contributed by atoms with Gasteiger partial charge in [-0.05, 0) is 24.1 Å². The number of carbonyl (C=O) groups excluding carboxylic acids is 2. The molecule has 0 spiro atoms. The van der Waals surface area contributed by atoms with E-state index in [9.17, 15) is 14.4 Å². The van der Waals surface area contributed by atoms with Gasteiger partial charge in [-0.25, -0.2) is 4.79 Å². The summed E-state index contributed by atoms with van der Waals surface area (Å²) in [7, 11) is 1.58. The minimum atomic E-state index is -0.958. The van der Waals surface area contributed by atoms with Crippen LogP contribution in [0, 0.1) is 0 Å². The minimum absolute atomic E-state index is 0.0166. The fourth-order valence-electron chi connectivity index (χ4n) is 1.66. The number of benzene rings is 1. The molecule has 114 valence electrons. The maximum Gasteiger partial charge on any atom is 0.324 e. The number of nitrogens with one attached hydrogen (secondary N) is 1. The van der Waals surface area contributed by atoms with Crippen LogP contribution in [0.5, 0.6) is 0 Å². The zero-order chi connectivity index (χ0) is 15.8. The lowest BCUT2D eigenvalue weighted by Crippen LogP contribution is -2.40. The summed E-state index contributed by atoms with van der Waals surface area (Å²) in [6.07, 6.45) is 0.141. The fourth-order valence-corrected chi connectivity index (χ4v) is 2.11. The third-order valence-corrected chi connectivity index (χ3v) is 3.19. The zero-order valence-corrected chi connectivity index (χ0v) is 13.2. The maximum absolute atomic E-state index is 11.8. The molecule has 0 unspecified atom stereocenters. The molecule has 0 atom stereocenters. The zero-order valence-electron chi connectivity index (χ0n) is 11.6. The number of carbonyl (C=O) groups is 3. The van der Waals surface area contributed by atoms with Crippen LogP contribution in [0.2, 0.25) is 0 Å². The average Bonchev–Trinajstić information content (AvgIpc) is 2.38. The molecule has 0 bridgehead atoms. The molecule has 6 nitrogen and oxygen atoms in total. The Balaban J connectivity index is 2.40. The fraction of sp³-hybridized carbons (Fsp3) is 0.357. The number of amides is 3. The summed E-state index contributed by atoms with van der Waals surface area (Å²) in [4.78, 5) is 35.0. The molecule has 21 heavy (non-hydrogen) atoms. The molecule has 2 N–H and O–H groups in total. The van der Waals surface area contributed by atoms with Gasteiger partial charge in [-0.15, -0.1) is 0 Å². The molecule has 0 saturated heterocycles. The maximum atomic E-state index is 11.8. The SMILES string of the molecule is CN(Cc1cccc(Br)c1)C(=O)NC(=O)CCCC(=O)O. The minimum Gasteiger partial charge on any atom is -0.481 e. The first-order valence-electron chi connectivity index (χ1n) is 6.39. The molecule has 0 aliphatic rings. The number of hydrogen-bond donors (Lipinski definition) is 2. The number of rotatable bonds is 6. The van der Waals surface area contributed by atoms with Crippen molar-refractivity contribution in [3.8, 4) is 0 Å². The largest absolute Gasteiger partial charge is 0.481 e. The second-order valence-corrected chi connectivity index (χ2v) is 5.50. The lowest BCUT2D eigenvalue weighted by Gasteiger charge is -2.17. The molecule has 1 aromatic rings. The highest BCUT2D eigenvalue weighted by atomic mass is 79.9. The van der Waals surface area contributed by atoms with Gasteiger partial charge in [-0.2, -0.15) is 0 Å². The van der Waals surface area contributed by atoms with Gasteiger partial charge in [0.2, 0.25) is 5.91 Å². The number of hydrogen-bond acceptors (Lipinski definition) is 3. The highest BCUT2D eigenvalue weighted by Crippen LogP contribution is 2.12. The smallest absolute Gasteiger partial charge is 0.324 e. The van der Waals surface area contributed by atoms with Gasteiger partial charge < -0.3 is 10.0 Å². The summed E-state index contributed by atoms with van der Waals surface area (Å²) < 4.78 is 0.915. The normalized spacial score (nSPS) is 10.0. The number of halogens is 1. The van der Waals surface area contributed by atoms with Crippen LogP contribution in [-0.2, 0) is 16.1 Å². The molecule has 0 fully saturated rings. The van der Waals surface area contributed by atoms with Gasteiger partial charge in [0.1, 0.15) is 0 Å². The molecular weight excluding hydrogens is 340 g/mol. The van der Waals surface area contributed by atoms with E-state index in [1.807, 2.05) is 24.3 Å². The Morgan fingerprint density at radius 2 is 2.00 bits per heavy atom. The van der Waals surface area contributed by atoms with E-state index in [0.717, 1.165) is 10.0 Å². The van der Waals surface area contributed by atoms with Gasteiger partial charge in [-0.3, -0.25) is 14.9 Å². The number of urea groups is 1. The third-order valence-electron chi connectivity index (χ3n) is 2.70. The summed E-state index contributed by atoms with van der Waals surface area (Å²) in [6.45, 7) is 0.369. The Kier molecular flexibility index (Phi) is 6.87. The van der Waals surface area contributed by atoms with Crippen molar-refractivity contribution in [1.29, 1.82) is 0 Å². The summed E-state index contributed by atoms with van der Waals surface area (Å²) in [6, 6.07) is 7.01. The molecule has 0 aliphatic heterocycles. The van der Waals surface area contributed by atoms with Crippen LogP contribution in [0.3, 0.4) is 0 Å². The molecule has 0 radical (unpaired) electrons. The lowest BCUT2D eigenvalue weighted by molar-refractivity contribution is -0.137. The first-order chi connectivity index (χ1) is 9.88. The van der Waals surface area contributed by atoms with E-state index in [-0.39, 0.29) is 19.3 Å². The number of imide groups is 1. The molecule has 0 aromatic heterocycles. The van der Waals surface area contributed by atoms with Crippen molar-refractivity contribution in [3.05, 3.63) is 34.3 Å². The van der Waals surface area contributed by atoms with E-state index in [2.05, 4.69) is 21.2 Å². The third kappa shape index (κ3) is 6.89. The lowest BCUT2D eigenvalue weighted by atomic mass is 10.2. The van der Waals surface area contributed by atoms with Crippen molar-refractivity contribution in [3.63, 3.8) is 0 Å². The van der Waals surface area contributed by atoms with Crippen LogP contribution in [0.15, 0.2) is 28.7 Å². The van der Waals surface area contributed by atoms with Crippen molar-refractivity contribution in [2.24, 2.45) is 0 Å². The van der Waals surface area contributed by atoms with Gasteiger partial charge in [0, 0.05) is 30.9 Å². The average molecular weight is 357 g/mol. The van der Waals surface area contributed by atoms with Crippen molar-refractivity contribution in [2.75, 3.05) is 7.05 Å². The Bertz CT molecular complexity index is 533. The quantitative estimate of drug-likeness (QED) is 0.818. The Morgan fingerprint density at radius 1 is 1.29 bits per heavy atom. The van der Waals surface area contributed by atoms with E-state index in [4.69, 9.17) is 5.11 Å². The van der Waals surface area contributed by atoms with Gasteiger partial charge in [-0.1, -0.05) is 28.1 Å². The standard InChI is InChI=1S/C14H17BrN2O4/c1-17(9-10-4-2-5-11(15)8-10)14(21)16-12(18)6-3-7-13(19)20/h2,4-5,8H,3,6-7,9H2,1H3,(H,19,20)(H,16,18,21). The number of nitrogens with zero attached hydrogens (tertiary/aromatic N) is 1. The summed E-state index contributed by atoms with van der Waals surface area (Å²) >= 11 is 3.35. The van der Waals surface area contributed by atoms with Gasteiger partial charge in [0.05, 0.1) is 0 Å². The van der Waals surface area contributed by atoms with Crippen molar-refractivity contribution >= 4 is 33.8 Å². The number of carboxylic acids is 1. The van der Waals surface area contributed by atoms with E-state index < -0.39 is 17.9 Å². The highest BCUT2D eigenvalue weighted by Gasteiger charge is 2.13. The Hall–Kier alpha value is -1.89. The van der Waals surface area contributed by atoms with Gasteiger partial charge in [0.25, 0.3) is 0 Å². The molecule has 1 aromatic carbocycles. The second-order valence-electron chi connectivity index (χ2n) is 4.59. The van der Waals surface area contributed by atoms with E-state index in [1.165, 1.54) is 4.90 Å². The molecular formula is C14H17BrN2O4. The molecule has 0 heterocycles. The topological polar surface area (TPSA) is 86.7 Å². The van der Waals surface area contributed by atoms with Crippen LogP contribution in [0.1, 0.15) is 24.8 Å². The summed E-state index contributed by atoms with van der Waals surface area (Å²) in [5.74, 6) is -1.43. The van der Waals surface area contributed by atoms with Crippen LogP contribution in [0.4, 0.5) is 4.79 Å². The van der Waals surface area contributed by atoms with E-state index in [0.29, 0.717) is 6.54 Å². The second kappa shape index (κ2) is 8.41. The van der Waals surface area contributed by atoms with Crippen LogP contribution >= 0.6 is 15.9 Å². The monoisotopic (exact) mass is 356 g/mol. The number of carboxylic acid groups (broad SMARTS) is 1. The van der Waals surface area contributed by atoms with E-state index in [1.54, 1.807) is 7.05 Å². The van der Waals surface area contributed by atoms with Crippen LogP contribution < -0.4 is 5.32 Å². The predicted octanol–water partition coefficient (Wildman–Crippen LogP) is 2.37. The van der Waals surface area contributed by atoms with Crippen LogP contribution in [-0.4, -0.2) is 35.0 Å². The van der Waals surface area contributed by atoms with Gasteiger partial charge >= 0.3 is 12.0 Å². The van der Waals surface area contributed by atoms with Crippen molar-refractivity contribution < 1.29 is 19.5 Å². The van der Waals surface area contributed by atoms with E-state index >= 15 is 0 Å². The first kappa shape index (κ1) is 17.2. The summed E-state index contributed by atoms with van der Waals surface area (Å²) in [5, 5.41) is 10.7. The Labute approximate surface area is 131 Å². The Morgan fingerprint density at radius 3 is 2.62 bits per heavy atom. The van der Waals surface area contributed by atoms with Gasteiger partial charge in [0.15, 0.2) is 0 Å². The predicted molar refractivity (Wildman–Crippen MR) is 80.6 cm³/mol. The van der Waals surface area contributed by atoms with Crippen molar-refractivity contribution in [1.82, 2.24) is 10.2 Å². The summed E-state index contributed by atoms with van der Waals surface area (Å²) in [5.41, 5.74) is 0.931. The molecule has 7 heteroatoms. The molecule has 0 saturated carbocycles. The molecule has 3 amide bonds.